The second-order valence-electron chi connectivity index (χ2n) is 7.62. The van der Waals surface area contributed by atoms with E-state index >= 15 is 0 Å². The van der Waals surface area contributed by atoms with Crippen molar-refractivity contribution in [3.8, 4) is 0 Å². The number of nitrogens with one attached hydrogen (secondary N) is 2. The van der Waals surface area contributed by atoms with Gasteiger partial charge in [0.1, 0.15) is 12.2 Å². The molecule has 1 aliphatic heterocycles. The standard InChI is InChI=1S/C22H35N7S.HI/c1-3-21-27-25-18-29(21)15-11-23-22(24-12-16-30-2)26-20-9-13-28(14-10-20)17-19-7-5-4-6-8-19;/h4-8,18,20H,3,9-17H2,1-2H3,(H2,23,24,26);1H. The summed E-state index contributed by atoms with van der Waals surface area (Å²) in [5, 5.41) is 15.3. The van der Waals surface area contributed by atoms with Crippen LogP contribution in [-0.4, -0.2) is 69.9 Å². The van der Waals surface area contributed by atoms with E-state index in [4.69, 9.17) is 4.99 Å². The SMILES string of the molecule is CCc1nncn1CCNC(=NCCSC)NC1CCN(Cc2ccccc2)CC1.I. The number of aryl methyl sites for hydroxylation is 1. The lowest BCUT2D eigenvalue weighted by Crippen LogP contribution is -2.49. The van der Waals surface area contributed by atoms with Crippen LogP contribution in [0.1, 0.15) is 31.2 Å². The zero-order chi connectivity index (χ0) is 21.0. The summed E-state index contributed by atoms with van der Waals surface area (Å²) in [6.07, 6.45) is 7.11. The quantitative estimate of drug-likeness (QED) is 0.203. The van der Waals surface area contributed by atoms with Crippen LogP contribution in [0.3, 0.4) is 0 Å². The summed E-state index contributed by atoms with van der Waals surface area (Å²) in [6.45, 7) is 7.86. The van der Waals surface area contributed by atoms with Gasteiger partial charge in [-0.2, -0.15) is 11.8 Å². The number of thioether (sulfide) groups is 1. The van der Waals surface area contributed by atoms with E-state index in [1.54, 1.807) is 6.33 Å². The Hall–Kier alpha value is -1.33. The van der Waals surface area contributed by atoms with E-state index in [-0.39, 0.29) is 24.0 Å². The molecule has 1 aromatic heterocycles. The van der Waals surface area contributed by atoms with E-state index in [1.807, 2.05) is 11.8 Å². The molecule has 0 saturated carbocycles. The number of guanidine groups is 1. The summed E-state index contributed by atoms with van der Waals surface area (Å²) in [6, 6.07) is 11.2. The highest BCUT2D eigenvalue weighted by Gasteiger charge is 2.20. The predicted molar refractivity (Wildman–Crippen MR) is 141 cm³/mol. The van der Waals surface area contributed by atoms with Crippen LogP contribution >= 0.6 is 35.7 Å². The van der Waals surface area contributed by atoms with Gasteiger partial charge in [0.2, 0.25) is 0 Å². The van der Waals surface area contributed by atoms with Gasteiger partial charge in [-0.05, 0) is 24.7 Å². The van der Waals surface area contributed by atoms with Gasteiger partial charge in [-0.3, -0.25) is 9.89 Å². The van der Waals surface area contributed by atoms with Crippen LogP contribution in [0.5, 0.6) is 0 Å². The Morgan fingerprint density at radius 2 is 2.00 bits per heavy atom. The van der Waals surface area contributed by atoms with Gasteiger partial charge in [0.15, 0.2) is 5.96 Å². The average molecular weight is 558 g/mol. The van der Waals surface area contributed by atoms with Crippen LogP contribution in [-0.2, 0) is 19.5 Å². The molecule has 1 aliphatic rings. The maximum absolute atomic E-state index is 4.78. The summed E-state index contributed by atoms with van der Waals surface area (Å²) < 4.78 is 2.11. The number of piperidine rings is 1. The second-order valence-corrected chi connectivity index (χ2v) is 8.61. The van der Waals surface area contributed by atoms with Gasteiger partial charge in [0.25, 0.3) is 0 Å². The molecule has 1 fully saturated rings. The topological polar surface area (TPSA) is 70.4 Å². The van der Waals surface area contributed by atoms with Crippen molar-refractivity contribution < 1.29 is 0 Å². The fraction of sp³-hybridized carbons (Fsp3) is 0.591. The van der Waals surface area contributed by atoms with E-state index < -0.39 is 0 Å². The lowest BCUT2D eigenvalue weighted by molar-refractivity contribution is 0.198. The monoisotopic (exact) mass is 557 g/mol. The fourth-order valence-corrected chi connectivity index (χ4v) is 3.98. The number of benzene rings is 1. The maximum atomic E-state index is 4.78. The highest BCUT2D eigenvalue weighted by atomic mass is 127. The van der Waals surface area contributed by atoms with Gasteiger partial charge < -0.3 is 15.2 Å². The number of likely N-dealkylation sites (tertiary alicyclic amines) is 1. The third-order valence-corrected chi connectivity index (χ3v) is 5.99. The van der Waals surface area contributed by atoms with Crippen molar-refractivity contribution in [2.75, 3.05) is 38.2 Å². The van der Waals surface area contributed by atoms with E-state index in [2.05, 4.69) is 73.8 Å². The van der Waals surface area contributed by atoms with Crippen molar-refractivity contribution in [3.05, 3.63) is 48.0 Å². The van der Waals surface area contributed by atoms with Crippen LogP contribution in [0.25, 0.3) is 0 Å². The van der Waals surface area contributed by atoms with Gasteiger partial charge in [-0.25, -0.2) is 0 Å². The van der Waals surface area contributed by atoms with E-state index in [1.165, 1.54) is 5.56 Å². The number of aromatic nitrogens is 3. The van der Waals surface area contributed by atoms with Gasteiger partial charge >= 0.3 is 0 Å². The Labute approximate surface area is 207 Å². The fourth-order valence-electron chi connectivity index (χ4n) is 3.71. The van der Waals surface area contributed by atoms with Crippen LogP contribution in [0.4, 0.5) is 0 Å². The van der Waals surface area contributed by atoms with Crippen molar-refractivity contribution in [1.29, 1.82) is 0 Å². The first kappa shape index (κ1) is 25.9. The summed E-state index contributed by atoms with van der Waals surface area (Å²) >= 11 is 1.83. The molecular formula is C22H36IN7S. The van der Waals surface area contributed by atoms with Gasteiger partial charge in [0.05, 0.1) is 6.54 Å². The maximum Gasteiger partial charge on any atom is 0.191 e. The first-order valence-electron chi connectivity index (χ1n) is 10.9. The molecule has 0 atom stereocenters. The Morgan fingerprint density at radius 3 is 2.71 bits per heavy atom. The van der Waals surface area contributed by atoms with E-state index in [0.717, 1.165) is 76.1 Å². The van der Waals surface area contributed by atoms with Gasteiger partial charge in [-0.15, -0.1) is 34.2 Å². The van der Waals surface area contributed by atoms with Gasteiger partial charge in [0, 0.05) is 50.9 Å². The van der Waals surface area contributed by atoms with E-state index in [9.17, 15) is 0 Å². The van der Waals surface area contributed by atoms with Gasteiger partial charge in [-0.1, -0.05) is 37.3 Å². The Kier molecular flexibility index (Phi) is 12.3. The molecule has 1 saturated heterocycles. The van der Waals surface area contributed by atoms with Crippen molar-refractivity contribution in [2.24, 2.45) is 4.99 Å². The molecule has 1 aromatic carbocycles. The van der Waals surface area contributed by atoms with Crippen LogP contribution in [0.2, 0.25) is 0 Å². The van der Waals surface area contributed by atoms with Crippen LogP contribution < -0.4 is 10.6 Å². The molecule has 7 nitrogen and oxygen atoms in total. The zero-order valence-corrected chi connectivity index (χ0v) is 21.8. The molecule has 0 bridgehead atoms. The molecule has 0 spiro atoms. The molecule has 31 heavy (non-hydrogen) atoms. The number of hydrogen-bond acceptors (Lipinski definition) is 5. The Morgan fingerprint density at radius 1 is 1.23 bits per heavy atom. The number of rotatable bonds is 10. The molecule has 0 unspecified atom stereocenters. The molecule has 2 N–H and O–H groups in total. The third kappa shape index (κ3) is 8.97. The zero-order valence-electron chi connectivity index (χ0n) is 18.7. The molecular weight excluding hydrogens is 521 g/mol. The third-order valence-electron chi connectivity index (χ3n) is 5.40. The number of aliphatic imine (C=N–C) groups is 1. The van der Waals surface area contributed by atoms with Crippen molar-refractivity contribution in [2.45, 2.75) is 45.3 Å². The summed E-state index contributed by atoms with van der Waals surface area (Å²) in [4.78, 5) is 7.32. The minimum absolute atomic E-state index is 0. The molecule has 2 aromatic rings. The van der Waals surface area contributed by atoms with Crippen LogP contribution in [0.15, 0.2) is 41.7 Å². The lowest BCUT2D eigenvalue weighted by atomic mass is 10.0. The predicted octanol–water partition coefficient (Wildman–Crippen LogP) is 3.02. The summed E-state index contributed by atoms with van der Waals surface area (Å²) in [7, 11) is 0. The van der Waals surface area contributed by atoms with Crippen molar-refractivity contribution >= 4 is 41.7 Å². The largest absolute Gasteiger partial charge is 0.355 e. The van der Waals surface area contributed by atoms with E-state index in [0.29, 0.717) is 6.04 Å². The summed E-state index contributed by atoms with van der Waals surface area (Å²) in [5.74, 6) is 2.99. The number of halogens is 1. The average Bonchev–Trinajstić information content (AvgIpc) is 3.23. The minimum atomic E-state index is 0. The first-order chi connectivity index (χ1) is 14.8. The molecule has 0 aliphatic carbocycles. The Bertz CT molecular complexity index is 760. The highest BCUT2D eigenvalue weighted by molar-refractivity contribution is 14.0. The van der Waals surface area contributed by atoms with Crippen LogP contribution in [0, 0.1) is 0 Å². The molecule has 172 valence electrons. The molecule has 3 rings (SSSR count). The number of hydrogen-bond donors (Lipinski definition) is 2. The molecule has 2 heterocycles. The Balaban J connectivity index is 0.00000341. The normalized spacial score (nSPS) is 15.5. The number of nitrogens with zero attached hydrogens (tertiary/aromatic N) is 5. The minimum Gasteiger partial charge on any atom is -0.355 e. The lowest BCUT2D eigenvalue weighted by Gasteiger charge is -2.33. The van der Waals surface area contributed by atoms with Crippen molar-refractivity contribution in [1.82, 2.24) is 30.3 Å². The summed E-state index contributed by atoms with van der Waals surface area (Å²) in [5.41, 5.74) is 1.39. The smallest absolute Gasteiger partial charge is 0.191 e. The molecule has 0 amide bonds. The first-order valence-corrected chi connectivity index (χ1v) is 12.3. The highest BCUT2D eigenvalue weighted by Crippen LogP contribution is 2.13. The van der Waals surface area contributed by atoms with Crippen molar-refractivity contribution in [3.63, 3.8) is 0 Å². The molecule has 0 radical (unpaired) electrons. The molecule has 9 heteroatoms. The second kappa shape index (κ2) is 14.7.